The third-order valence-electron chi connectivity index (χ3n) is 4.95. The van der Waals surface area contributed by atoms with Crippen molar-refractivity contribution in [1.29, 1.82) is 0 Å². The van der Waals surface area contributed by atoms with Gasteiger partial charge in [-0.3, -0.25) is 9.59 Å². The molecule has 1 saturated heterocycles. The summed E-state index contributed by atoms with van der Waals surface area (Å²) in [5.74, 6) is 0.850. The average molecular weight is 411 g/mol. The normalized spacial score (nSPS) is 17.3. The molecule has 2 aromatic rings. The lowest BCUT2D eigenvalue weighted by molar-refractivity contribution is -0.114. The number of anilines is 2. The SMILES string of the molecule is O=C(CNc1ccccc1C(=O)NC[C@H]1CCCO1)Nc1ccc2c(c1)OCCO2. The summed E-state index contributed by atoms with van der Waals surface area (Å²) in [4.78, 5) is 24.9. The molecule has 8 nitrogen and oxygen atoms in total. The van der Waals surface area contributed by atoms with Gasteiger partial charge in [0.05, 0.1) is 18.2 Å². The van der Waals surface area contributed by atoms with Gasteiger partial charge in [-0.25, -0.2) is 0 Å². The molecule has 0 spiro atoms. The number of nitrogens with one attached hydrogen (secondary N) is 3. The van der Waals surface area contributed by atoms with Gasteiger partial charge < -0.3 is 30.2 Å². The predicted molar refractivity (Wildman–Crippen MR) is 112 cm³/mol. The highest BCUT2D eigenvalue weighted by Crippen LogP contribution is 2.32. The number of amides is 2. The Kier molecular flexibility index (Phi) is 6.34. The molecule has 2 amide bonds. The van der Waals surface area contributed by atoms with Crippen LogP contribution in [0.1, 0.15) is 23.2 Å². The standard InChI is InChI=1S/C22H25N3O5/c26-21(25-15-7-8-19-20(12-15)30-11-10-29-19)14-23-18-6-2-1-5-17(18)22(27)24-13-16-4-3-9-28-16/h1-2,5-8,12,16,23H,3-4,9-11,13-14H2,(H,24,27)(H,25,26)/t16-/m1/s1. The van der Waals surface area contributed by atoms with Crippen molar-refractivity contribution in [3.8, 4) is 11.5 Å². The molecule has 0 aromatic heterocycles. The van der Waals surface area contributed by atoms with E-state index < -0.39 is 0 Å². The molecule has 2 aromatic carbocycles. The minimum absolute atomic E-state index is 0.0183. The first-order valence-electron chi connectivity index (χ1n) is 10.1. The van der Waals surface area contributed by atoms with E-state index in [1.807, 2.05) is 6.07 Å². The van der Waals surface area contributed by atoms with Crippen molar-refractivity contribution < 1.29 is 23.8 Å². The minimum atomic E-state index is -0.235. The molecule has 2 aliphatic heterocycles. The van der Waals surface area contributed by atoms with Gasteiger partial charge in [0, 0.05) is 30.6 Å². The maximum absolute atomic E-state index is 12.6. The molecular formula is C22H25N3O5. The largest absolute Gasteiger partial charge is 0.486 e. The number of carbonyl (C=O) groups excluding carboxylic acids is 2. The van der Waals surface area contributed by atoms with E-state index >= 15 is 0 Å². The van der Waals surface area contributed by atoms with E-state index in [-0.39, 0.29) is 24.5 Å². The van der Waals surface area contributed by atoms with Crippen LogP contribution in [0.15, 0.2) is 42.5 Å². The molecule has 1 fully saturated rings. The lowest BCUT2D eigenvalue weighted by Crippen LogP contribution is -2.32. The number of hydrogen-bond donors (Lipinski definition) is 3. The fourth-order valence-corrected chi connectivity index (χ4v) is 3.44. The van der Waals surface area contributed by atoms with Crippen LogP contribution in [-0.2, 0) is 9.53 Å². The lowest BCUT2D eigenvalue weighted by Gasteiger charge is -2.19. The number of carbonyl (C=O) groups is 2. The predicted octanol–water partition coefficient (Wildman–Crippen LogP) is 2.42. The second kappa shape index (κ2) is 9.49. The topological polar surface area (TPSA) is 97.9 Å². The van der Waals surface area contributed by atoms with E-state index in [1.54, 1.807) is 36.4 Å². The zero-order valence-corrected chi connectivity index (χ0v) is 16.6. The molecule has 2 heterocycles. The molecule has 2 aliphatic rings. The van der Waals surface area contributed by atoms with Crippen LogP contribution in [0.2, 0.25) is 0 Å². The van der Waals surface area contributed by atoms with Gasteiger partial charge in [-0.1, -0.05) is 12.1 Å². The summed E-state index contributed by atoms with van der Waals surface area (Å²) < 4.78 is 16.6. The number of fused-ring (bicyclic) bond motifs is 1. The van der Waals surface area contributed by atoms with Gasteiger partial charge in [0.2, 0.25) is 5.91 Å². The van der Waals surface area contributed by atoms with Gasteiger partial charge in [-0.15, -0.1) is 0 Å². The quantitative estimate of drug-likeness (QED) is 0.647. The summed E-state index contributed by atoms with van der Waals surface area (Å²) >= 11 is 0. The van der Waals surface area contributed by atoms with Crippen molar-refractivity contribution in [3.05, 3.63) is 48.0 Å². The summed E-state index contributed by atoms with van der Waals surface area (Å²) in [6.07, 6.45) is 2.06. The number of rotatable bonds is 7. The third-order valence-corrected chi connectivity index (χ3v) is 4.95. The number of hydrogen-bond acceptors (Lipinski definition) is 6. The second-order valence-corrected chi connectivity index (χ2v) is 7.15. The lowest BCUT2D eigenvalue weighted by atomic mass is 10.1. The average Bonchev–Trinajstić information content (AvgIpc) is 3.30. The van der Waals surface area contributed by atoms with Crippen LogP contribution in [0.25, 0.3) is 0 Å². The highest BCUT2D eigenvalue weighted by atomic mass is 16.6. The molecule has 4 rings (SSSR count). The van der Waals surface area contributed by atoms with Crippen molar-refractivity contribution in [1.82, 2.24) is 5.32 Å². The Labute approximate surface area is 174 Å². The molecule has 8 heteroatoms. The third kappa shape index (κ3) is 5.01. The van der Waals surface area contributed by atoms with Crippen LogP contribution in [0.4, 0.5) is 11.4 Å². The summed E-state index contributed by atoms with van der Waals surface area (Å²) in [6, 6.07) is 12.4. The highest BCUT2D eigenvalue weighted by molar-refractivity contribution is 6.01. The monoisotopic (exact) mass is 411 g/mol. The number of para-hydroxylation sites is 1. The van der Waals surface area contributed by atoms with Gasteiger partial charge in [-0.2, -0.15) is 0 Å². The first-order chi connectivity index (χ1) is 14.7. The van der Waals surface area contributed by atoms with Crippen molar-refractivity contribution in [2.24, 2.45) is 0 Å². The minimum Gasteiger partial charge on any atom is -0.486 e. The number of ether oxygens (including phenoxy) is 3. The first-order valence-corrected chi connectivity index (χ1v) is 10.1. The van der Waals surface area contributed by atoms with Crippen molar-refractivity contribution in [2.75, 3.05) is 43.5 Å². The summed E-state index contributed by atoms with van der Waals surface area (Å²) in [6.45, 7) is 2.25. The fourth-order valence-electron chi connectivity index (χ4n) is 3.44. The van der Waals surface area contributed by atoms with Crippen LogP contribution >= 0.6 is 0 Å². The molecule has 0 unspecified atom stereocenters. The Morgan fingerprint density at radius 1 is 1.00 bits per heavy atom. The van der Waals surface area contributed by atoms with Crippen LogP contribution in [0.3, 0.4) is 0 Å². The van der Waals surface area contributed by atoms with E-state index in [0.717, 1.165) is 19.4 Å². The Morgan fingerprint density at radius 2 is 1.83 bits per heavy atom. The van der Waals surface area contributed by atoms with E-state index in [9.17, 15) is 9.59 Å². The van der Waals surface area contributed by atoms with Gasteiger partial charge >= 0.3 is 0 Å². The van der Waals surface area contributed by atoms with E-state index in [2.05, 4.69) is 16.0 Å². The summed E-state index contributed by atoms with van der Waals surface area (Å²) in [7, 11) is 0. The second-order valence-electron chi connectivity index (χ2n) is 7.15. The molecule has 0 aliphatic carbocycles. The zero-order valence-electron chi connectivity index (χ0n) is 16.6. The summed E-state index contributed by atoms with van der Waals surface area (Å²) in [5, 5.41) is 8.77. The van der Waals surface area contributed by atoms with Crippen LogP contribution in [-0.4, -0.2) is 50.8 Å². The first kappa shape index (κ1) is 20.0. The Hall–Kier alpha value is -3.26. The number of benzene rings is 2. The Balaban J connectivity index is 1.32. The van der Waals surface area contributed by atoms with Gasteiger partial charge in [0.1, 0.15) is 13.2 Å². The van der Waals surface area contributed by atoms with E-state index in [1.165, 1.54) is 0 Å². The van der Waals surface area contributed by atoms with E-state index in [0.29, 0.717) is 48.2 Å². The Bertz CT molecular complexity index is 911. The van der Waals surface area contributed by atoms with Crippen molar-refractivity contribution >= 4 is 23.2 Å². The maximum Gasteiger partial charge on any atom is 0.253 e. The van der Waals surface area contributed by atoms with Gasteiger partial charge in [-0.05, 0) is 37.1 Å². The van der Waals surface area contributed by atoms with Crippen LogP contribution in [0.5, 0.6) is 11.5 Å². The smallest absolute Gasteiger partial charge is 0.253 e. The van der Waals surface area contributed by atoms with Crippen molar-refractivity contribution in [3.63, 3.8) is 0 Å². The molecular weight excluding hydrogens is 386 g/mol. The molecule has 0 saturated carbocycles. The highest BCUT2D eigenvalue weighted by Gasteiger charge is 2.18. The van der Waals surface area contributed by atoms with E-state index in [4.69, 9.17) is 14.2 Å². The maximum atomic E-state index is 12.6. The molecule has 0 radical (unpaired) electrons. The molecule has 0 bridgehead atoms. The van der Waals surface area contributed by atoms with Gasteiger partial charge in [0.25, 0.3) is 5.91 Å². The molecule has 158 valence electrons. The molecule has 1 atom stereocenters. The molecule has 30 heavy (non-hydrogen) atoms. The summed E-state index contributed by atoms with van der Waals surface area (Å²) in [5.41, 5.74) is 1.70. The van der Waals surface area contributed by atoms with Crippen molar-refractivity contribution in [2.45, 2.75) is 18.9 Å². The fraction of sp³-hybridized carbons (Fsp3) is 0.364. The van der Waals surface area contributed by atoms with Crippen LogP contribution in [0, 0.1) is 0 Å². The van der Waals surface area contributed by atoms with Gasteiger partial charge in [0.15, 0.2) is 11.5 Å². The molecule has 3 N–H and O–H groups in total. The van der Waals surface area contributed by atoms with Crippen LogP contribution < -0.4 is 25.4 Å². The zero-order chi connectivity index (χ0) is 20.8. The Morgan fingerprint density at radius 3 is 2.67 bits per heavy atom.